The summed E-state index contributed by atoms with van der Waals surface area (Å²) in [6, 6.07) is 1.91. The molecule has 0 unspecified atom stereocenters. The van der Waals surface area contributed by atoms with E-state index in [1.807, 2.05) is 0 Å². The number of phenolic OH excluding ortho intramolecular Hbond substituents is 1. The van der Waals surface area contributed by atoms with Crippen LogP contribution in [0.2, 0.25) is 0 Å². The quantitative estimate of drug-likeness (QED) is 0.495. The number of phenols is 1. The van der Waals surface area contributed by atoms with Crippen LogP contribution in [0.1, 0.15) is 5.56 Å². The second-order valence-electron chi connectivity index (χ2n) is 2.92. The first-order chi connectivity index (χ1) is 7.20. The molecule has 0 aliphatic carbocycles. The van der Waals surface area contributed by atoms with Crippen molar-refractivity contribution in [2.24, 2.45) is 0 Å². The molecule has 0 heterocycles. The highest BCUT2D eigenvalue weighted by Crippen LogP contribution is 2.33. The number of hydrogen-bond donors (Lipinski definition) is 2. The van der Waals surface area contributed by atoms with Crippen molar-refractivity contribution in [3.05, 3.63) is 32.3 Å². The average molecular weight is 312 g/mol. The van der Waals surface area contributed by atoms with Gasteiger partial charge in [0.05, 0.1) is 9.40 Å². The summed E-state index contributed by atoms with van der Waals surface area (Å²) in [5.74, 6) is -1.35. The van der Waals surface area contributed by atoms with Crippen molar-refractivity contribution in [1.82, 2.24) is 0 Å². The van der Waals surface area contributed by atoms with Crippen LogP contribution in [0.25, 0.3) is 0 Å². The largest absolute Gasteiger partial charge is 0.506 e. The molecule has 1 rings (SSSR count). The van der Waals surface area contributed by atoms with Crippen LogP contribution in [0.5, 0.6) is 5.75 Å². The number of nitro benzene ring substituents is 1. The maximum Gasteiger partial charge on any atom is 0.271 e. The van der Waals surface area contributed by atoms with Gasteiger partial charge in [0, 0.05) is 17.7 Å². The molecule has 88 valence electrons. The molecule has 0 aliphatic heterocycles. The van der Waals surface area contributed by atoms with Crippen LogP contribution in [0.4, 0.5) is 5.69 Å². The van der Waals surface area contributed by atoms with Crippen molar-refractivity contribution in [1.29, 1.82) is 0 Å². The van der Waals surface area contributed by atoms with Gasteiger partial charge in [0.15, 0.2) is 0 Å². The number of benzene rings is 1. The summed E-state index contributed by atoms with van der Waals surface area (Å²) >= 11 is 2.84. The molecule has 2 N–H and O–H groups in total. The molecule has 0 bridgehead atoms. The van der Waals surface area contributed by atoms with Crippen LogP contribution >= 0.6 is 15.9 Å². The van der Waals surface area contributed by atoms with E-state index >= 15 is 0 Å². The van der Waals surface area contributed by atoms with E-state index in [9.17, 15) is 23.6 Å². The van der Waals surface area contributed by atoms with Gasteiger partial charge in [0.1, 0.15) is 11.5 Å². The SMILES string of the molecule is O=[N+]([O-])c1cc(Br)c(O)c(CS(=O)(=O)O)c1. The van der Waals surface area contributed by atoms with E-state index in [0.717, 1.165) is 12.1 Å². The molecule has 0 amide bonds. The van der Waals surface area contributed by atoms with Gasteiger partial charge < -0.3 is 5.11 Å². The van der Waals surface area contributed by atoms with Crippen LogP contribution < -0.4 is 0 Å². The molecule has 0 aliphatic rings. The lowest BCUT2D eigenvalue weighted by Gasteiger charge is -2.04. The Hall–Kier alpha value is -1.19. The number of non-ortho nitro benzene ring substituents is 1. The van der Waals surface area contributed by atoms with E-state index < -0.39 is 26.5 Å². The standard InChI is InChI=1S/C7H6BrNO6S/c8-6-2-5(9(11)12)1-4(7(6)10)3-16(13,14)15/h1-2,10H,3H2,(H,13,14,15). The van der Waals surface area contributed by atoms with E-state index in [-0.39, 0.29) is 15.7 Å². The second kappa shape index (κ2) is 4.36. The first kappa shape index (κ1) is 12.9. The minimum Gasteiger partial charge on any atom is -0.506 e. The third-order valence-electron chi connectivity index (χ3n) is 1.68. The molecule has 0 radical (unpaired) electrons. The van der Waals surface area contributed by atoms with Crippen molar-refractivity contribution in [2.45, 2.75) is 5.75 Å². The smallest absolute Gasteiger partial charge is 0.271 e. The lowest BCUT2D eigenvalue weighted by Crippen LogP contribution is -2.03. The third-order valence-corrected chi connectivity index (χ3v) is 2.96. The Morgan fingerprint density at radius 3 is 2.44 bits per heavy atom. The van der Waals surface area contributed by atoms with E-state index in [2.05, 4.69) is 15.9 Å². The van der Waals surface area contributed by atoms with Gasteiger partial charge in [-0.1, -0.05) is 0 Å². The summed E-state index contributed by atoms with van der Waals surface area (Å²) in [5.41, 5.74) is -0.632. The number of nitro groups is 1. The molecule has 9 heteroatoms. The van der Waals surface area contributed by atoms with Crippen LogP contribution in [-0.2, 0) is 15.9 Å². The zero-order valence-electron chi connectivity index (χ0n) is 7.62. The van der Waals surface area contributed by atoms with Crippen LogP contribution in [-0.4, -0.2) is 23.0 Å². The van der Waals surface area contributed by atoms with Gasteiger partial charge in [-0.2, -0.15) is 8.42 Å². The predicted octanol–water partition coefficient (Wildman–Crippen LogP) is 1.45. The highest BCUT2D eigenvalue weighted by molar-refractivity contribution is 9.10. The normalized spacial score (nSPS) is 11.4. The Morgan fingerprint density at radius 1 is 1.44 bits per heavy atom. The molecule has 1 aromatic rings. The zero-order chi connectivity index (χ0) is 12.5. The second-order valence-corrected chi connectivity index (χ2v) is 5.23. The summed E-state index contributed by atoms with van der Waals surface area (Å²) in [6.45, 7) is 0. The summed E-state index contributed by atoms with van der Waals surface area (Å²) in [4.78, 5) is 9.74. The molecule has 0 aromatic heterocycles. The van der Waals surface area contributed by atoms with Crippen molar-refractivity contribution < 1.29 is 23.0 Å². The number of rotatable bonds is 3. The first-order valence-corrected chi connectivity index (χ1v) is 6.22. The summed E-state index contributed by atoms with van der Waals surface area (Å²) in [7, 11) is -4.36. The molecule has 0 spiro atoms. The molecule has 0 fully saturated rings. The first-order valence-electron chi connectivity index (χ1n) is 3.81. The van der Waals surface area contributed by atoms with Crippen LogP contribution in [0.3, 0.4) is 0 Å². The number of aromatic hydroxyl groups is 1. The lowest BCUT2D eigenvalue weighted by molar-refractivity contribution is -0.385. The van der Waals surface area contributed by atoms with E-state index in [1.165, 1.54) is 0 Å². The molecule has 0 saturated heterocycles. The van der Waals surface area contributed by atoms with Gasteiger partial charge >= 0.3 is 0 Å². The van der Waals surface area contributed by atoms with E-state index in [0.29, 0.717) is 0 Å². The van der Waals surface area contributed by atoms with Gasteiger partial charge in [-0.25, -0.2) is 0 Å². The fourth-order valence-corrected chi connectivity index (χ4v) is 2.15. The highest BCUT2D eigenvalue weighted by atomic mass is 79.9. The predicted molar refractivity (Wildman–Crippen MR) is 57.7 cm³/mol. The van der Waals surface area contributed by atoms with Crippen molar-refractivity contribution >= 4 is 31.7 Å². The Balaban J connectivity index is 3.33. The number of hydrogen-bond acceptors (Lipinski definition) is 5. The molecular formula is C7H6BrNO6S. The summed E-state index contributed by atoms with van der Waals surface area (Å²) < 4.78 is 29.8. The van der Waals surface area contributed by atoms with E-state index in [4.69, 9.17) is 4.55 Å². The maximum atomic E-state index is 10.6. The number of nitrogens with zero attached hydrogens (tertiary/aromatic N) is 1. The summed E-state index contributed by atoms with van der Waals surface area (Å²) in [6.07, 6.45) is 0. The molecule has 0 saturated carbocycles. The zero-order valence-corrected chi connectivity index (χ0v) is 10.0. The minimum absolute atomic E-state index is 0.0136. The van der Waals surface area contributed by atoms with Crippen molar-refractivity contribution in [2.75, 3.05) is 0 Å². The maximum absolute atomic E-state index is 10.6. The van der Waals surface area contributed by atoms with Gasteiger partial charge in [-0.3, -0.25) is 14.7 Å². The van der Waals surface area contributed by atoms with Crippen molar-refractivity contribution in [3.8, 4) is 5.75 Å². The fraction of sp³-hybridized carbons (Fsp3) is 0.143. The Bertz CT molecular complexity index is 540. The topological polar surface area (TPSA) is 118 Å². The van der Waals surface area contributed by atoms with Gasteiger partial charge in [-0.15, -0.1) is 0 Å². The fourth-order valence-electron chi connectivity index (χ4n) is 1.05. The Kier molecular flexibility index (Phi) is 3.51. The lowest BCUT2D eigenvalue weighted by atomic mass is 10.2. The molecule has 0 atom stereocenters. The van der Waals surface area contributed by atoms with E-state index in [1.54, 1.807) is 0 Å². The molecular weight excluding hydrogens is 306 g/mol. The van der Waals surface area contributed by atoms with Gasteiger partial charge in [-0.05, 0) is 15.9 Å². The average Bonchev–Trinajstić information content (AvgIpc) is 2.10. The molecule has 1 aromatic carbocycles. The van der Waals surface area contributed by atoms with Crippen LogP contribution in [0, 0.1) is 10.1 Å². The Morgan fingerprint density at radius 2 is 2.00 bits per heavy atom. The van der Waals surface area contributed by atoms with Gasteiger partial charge in [0.25, 0.3) is 15.8 Å². The third kappa shape index (κ3) is 3.15. The highest BCUT2D eigenvalue weighted by Gasteiger charge is 2.18. The summed E-state index contributed by atoms with van der Waals surface area (Å²) in [5, 5.41) is 19.9. The minimum atomic E-state index is -4.36. The monoisotopic (exact) mass is 311 g/mol. The number of halogens is 1. The van der Waals surface area contributed by atoms with Gasteiger partial charge in [0.2, 0.25) is 0 Å². The Labute approximate surface area is 98.7 Å². The molecule has 7 nitrogen and oxygen atoms in total. The molecule has 16 heavy (non-hydrogen) atoms. The van der Waals surface area contributed by atoms with Crippen molar-refractivity contribution in [3.63, 3.8) is 0 Å². The van der Waals surface area contributed by atoms with Crippen LogP contribution in [0.15, 0.2) is 16.6 Å².